The van der Waals surface area contributed by atoms with E-state index in [-0.39, 0.29) is 6.04 Å². The molecular formula is C10H14N2O2. The second-order valence-corrected chi connectivity index (χ2v) is 3.47. The quantitative estimate of drug-likeness (QED) is 0.734. The van der Waals surface area contributed by atoms with Crippen molar-refractivity contribution in [3.05, 3.63) is 24.4 Å². The normalized spacial score (nSPS) is 26.4. The summed E-state index contributed by atoms with van der Waals surface area (Å²) in [5, 5.41) is 9.63. The zero-order valence-electron chi connectivity index (χ0n) is 8.13. The van der Waals surface area contributed by atoms with Crippen LogP contribution in [0.15, 0.2) is 24.4 Å². The van der Waals surface area contributed by atoms with Crippen molar-refractivity contribution in [2.24, 2.45) is 0 Å². The zero-order chi connectivity index (χ0) is 9.97. The molecule has 0 aromatic carbocycles. The van der Waals surface area contributed by atoms with Gasteiger partial charge in [-0.2, -0.15) is 0 Å². The highest BCUT2D eigenvalue weighted by molar-refractivity contribution is 5.38. The van der Waals surface area contributed by atoms with Gasteiger partial charge in [0, 0.05) is 13.2 Å². The summed E-state index contributed by atoms with van der Waals surface area (Å²) in [6.07, 6.45) is 1.33. The lowest BCUT2D eigenvalue weighted by Crippen LogP contribution is -2.40. The summed E-state index contributed by atoms with van der Waals surface area (Å²) in [4.78, 5) is 6.17. The Morgan fingerprint density at radius 1 is 1.50 bits per heavy atom. The number of pyridine rings is 1. The zero-order valence-corrected chi connectivity index (χ0v) is 8.13. The van der Waals surface area contributed by atoms with Crippen molar-refractivity contribution in [3.63, 3.8) is 0 Å². The van der Waals surface area contributed by atoms with Crippen LogP contribution in [0.3, 0.4) is 0 Å². The van der Waals surface area contributed by atoms with E-state index < -0.39 is 6.10 Å². The minimum absolute atomic E-state index is 0.0184. The van der Waals surface area contributed by atoms with Gasteiger partial charge in [-0.25, -0.2) is 4.98 Å². The van der Waals surface area contributed by atoms with Crippen LogP contribution in [0.5, 0.6) is 0 Å². The molecule has 0 bridgehead atoms. The van der Waals surface area contributed by atoms with Gasteiger partial charge < -0.3 is 14.7 Å². The molecular weight excluding hydrogens is 180 g/mol. The number of hydrogen-bond donors (Lipinski definition) is 1. The lowest BCUT2D eigenvalue weighted by atomic mass is 10.2. The molecule has 0 aliphatic carbocycles. The van der Waals surface area contributed by atoms with E-state index in [4.69, 9.17) is 4.74 Å². The highest BCUT2D eigenvalue weighted by atomic mass is 16.5. The van der Waals surface area contributed by atoms with Gasteiger partial charge in [0.1, 0.15) is 5.82 Å². The van der Waals surface area contributed by atoms with Crippen LogP contribution in [0.25, 0.3) is 0 Å². The van der Waals surface area contributed by atoms with Crippen LogP contribution in [-0.2, 0) is 4.74 Å². The number of rotatable bonds is 2. The third kappa shape index (κ3) is 1.71. The highest BCUT2D eigenvalue weighted by Gasteiger charge is 2.30. The summed E-state index contributed by atoms with van der Waals surface area (Å²) in [6, 6.07) is 5.75. The van der Waals surface area contributed by atoms with Crippen molar-refractivity contribution < 1.29 is 9.84 Å². The van der Waals surface area contributed by atoms with Crippen LogP contribution in [0.1, 0.15) is 0 Å². The van der Waals surface area contributed by atoms with E-state index in [0.29, 0.717) is 13.2 Å². The van der Waals surface area contributed by atoms with Gasteiger partial charge >= 0.3 is 0 Å². The Morgan fingerprint density at radius 3 is 2.93 bits per heavy atom. The minimum atomic E-state index is -0.415. The molecule has 0 radical (unpaired) electrons. The largest absolute Gasteiger partial charge is 0.388 e. The SMILES string of the molecule is CN(c1ccccn1)C1COCC1O. The third-order valence-electron chi connectivity index (χ3n) is 2.53. The third-order valence-corrected chi connectivity index (χ3v) is 2.53. The molecule has 2 heterocycles. The van der Waals surface area contributed by atoms with E-state index in [1.807, 2.05) is 30.1 Å². The van der Waals surface area contributed by atoms with Crippen molar-refractivity contribution in [1.29, 1.82) is 0 Å². The molecule has 2 atom stereocenters. The lowest BCUT2D eigenvalue weighted by Gasteiger charge is -2.26. The Labute approximate surface area is 83.1 Å². The van der Waals surface area contributed by atoms with E-state index in [9.17, 15) is 5.11 Å². The van der Waals surface area contributed by atoms with Gasteiger partial charge in [0.25, 0.3) is 0 Å². The van der Waals surface area contributed by atoms with Gasteiger partial charge in [-0.3, -0.25) is 0 Å². The van der Waals surface area contributed by atoms with Crippen molar-refractivity contribution in [1.82, 2.24) is 4.98 Å². The number of aliphatic hydroxyl groups excluding tert-OH is 1. The van der Waals surface area contributed by atoms with Crippen LogP contribution >= 0.6 is 0 Å². The molecule has 1 aromatic rings. The van der Waals surface area contributed by atoms with Crippen molar-refractivity contribution in [2.45, 2.75) is 12.1 Å². The number of nitrogens with zero attached hydrogens (tertiary/aromatic N) is 2. The summed E-state index contributed by atoms with van der Waals surface area (Å²) in [5.41, 5.74) is 0. The predicted octanol–water partition coefficient (Wildman–Crippen LogP) is 0.277. The molecule has 14 heavy (non-hydrogen) atoms. The van der Waals surface area contributed by atoms with Gasteiger partial charge in [-0.05, 0) is 12.1 Å². The molecule has 0 saturated carbocycles. The molecule has 1 saturated heterocycles. The van der Waals surface area contributed by atoms with Gasteiger partial charge in [-0.15, -0.1) is 0 Å². The fourth-order valence-electron chi connectivity index (χ4n) is 1.63. The van der Waals surface area contributed by atoms with Crippen molar-refractivity contribution >= 4 is 5.82 Å². The Balaban J connectivity index is 2.12. The van der Waals surface area contributed by atoms with E-state index in [0.717, 1.165) is 5.82 Å². The molecule has 1 aromatic heterocycles. The first-order chi connectivity index (χ1) is 6.79. The van der Waals surface area contributed by atoms with E-state index in [1.54, 1.807) is 6.20 Å². The maximum absolute atomic E-state index is 9.63. The number of ether oxygens (including phenoxy) is 1. The standard InChI is InChI=1S/C10H14N2O2/c1-12(8-6-14-7-9(8)13)10-4-2-3-5-11-10/h2-5,8-9,13H,6-7H2,1H3. The van der Waals surface area contributed by atoms with Crippen LogP contribution in [0.2, 0.25) is 0 Å². The molecule has 1 N–H and O–H groups in total. The van der Waals surface area contributed by atoms with Gasteiger partial charge in [0.15, 0.2) is 0 Å². The minimum Gasteiger partial charge on any atom is -0.388 e. The first kappa shape index (κ1) is 9.43. The van der Waals surface area contributed by atoms with E-state index in [1.165, 1.54) is 0 Å². The first-order valence-electron chi connectivity index (χ1n) is 4.68. The molecule has 0 amide bonds. The topological polar surface area (TPSA) is 45.6 Å². The summed E-state index contributed by atoms with van der Waals surface area (Å²) < 4.78 is 5.19. The van der Waals surface area contributed by atoms with Crippen molar-refractivity contribution in [3.8, 4) is 0 Å². The molecule has 4 heteroatoms. The van der Waals surface area contributed by atoms with Crippen LogP contribution in [0.4, 0.5) is 5.82 Å². The highest BCUT2D eigenvalue weighted by Crippen LogP contribution is 2.17. The first-order valence-corrected chi connectivity index (χ1v) is 4.68. The number of aromatic nitrogens is 1. The summed E-state index contributed by atoms with van der Waals surface area (Å²) in [5.74, 6) is 0.863. The summed E-state index contributed by atoms with van der Waals surface area (Å²) in [6.45, 7) is 0.982. The maximum atomic E-state index is 9.63. The van der Waals surface area contributed by atoms with E-state index >= 15 is 0 Å². The Kier molecular flexibility index (Phi) is 2.65. The molecule has 1 aliphatic rings. The number of hydrogen-bond acceptors (Lipinski definition) is 4. The Hall–Kier alpha value is -1.13. The van der Waals surface area contributed by atoms with Crippen molar-refractivity contribution in [2.75, 3.05) is 25.2 Å². The van der Waals surface area contributed by atoms with Crippen LogP contribution in [0, 0.1) is 0 Å². The number of likely N-dealkylation sites (N-methyl/N-ethyl adjacent to an activating group) is 1. The second kappa shape index (κ2) is 3.94. The molecule has 2 unspecified atom stereocenters. The smallest absolute Gasteiger partial charge is 0.128 e. The molecule has 2 rings (SSSR count). The van der Waals surface area contributed by atoms with Gasteiger partial charge in [0.05, 0.1) is 25.4 Å². The molecule has 4 nitrogen and oxygen atoms in total. The number of anilines is 1. The average molecular weight is 194 g/mol. The summed E-state index contributed by atoms with van der Waals surface area (Å²) in [7, 11) is 1.92. The second-order valence-electron chi connectivity index (χ2n) is 3.47. The van der Waals surface area contributed by atoms with Crippen LogP contribution < -0.4 is 4.90 Å². The fourth-order valence-corrected chi connectivity index (χ4v) is 1.63. The van der Waals surface area contributed by atoms with Gasteiger partial charge in [0.2, 0.25) is 0 Å². The Bertz CT molecular complexity index is 291. The lowest BCUT2D eigenvalue weighted by molar-refractivity contribution is 0.124. The monoisotopic (exact) mass is 194 g/mol. The fraction of sp³-hybridized carbons (Fsp3) is 0.500. The van der Waals surface area contributed by atoms with Gasteiger partial charge in [-0.1, -0.05) is 6.07 Å². The molecule has 1 fully saturated rings. The Morgan fingerprint density at radius 2 is 2.36 bits per heavy atom. The maximum Gasteiger partial charge on any atom is 0.128 e. The summed E-state index contributed by atoms with van der Waals surface area (Å²) >= 11 is 0. The molecule has 0 spiro atoms. The molecule has 76 valence electrons. The average Bonchev–Trinajstić information content (AvgIpc) is 2.65. The van der Waals surface area contributed by atoms with E-state index in [2.05, 4.69) is 4.98 Å². The predicted molar refractivity (Wildman–Crippen MR) is 53.3 cm³/mol. The number of aliphatic hydroxyl groups is 1. The van der Waals surface area contributed by atoms with Crippen LogP contribution in [-0.4, -0.2) is 42.5 Å². The molecule has 1 aliphatic heterocycles.